The van der Waals surface area contributed by atoms with E-state index in [1.807, 2.05) is 6.92 Å². The van der Waals surface area contributed by atoms with Crippen molar-refractivity contribution in [2.45, 2.75) is 19.1 Å². The summed E-state index contributed by atoms with van der Waals surface area (Å²) >= 11 is 0. The maximum Gasteiger partial charge on any atom is 0.243 e. The number of carbonyl (C=O) groups excluding carboxylic acids is 1. The first-order valence-electron chi connectivity index (χ1n) is 9.29. The number of ether oxygens (including phenoxy) is 3. The summed E-state index contributed by atoms with van der Waals surface area (Å²) in [6, 6.07) is 0. The van der Waals surface area contributed by atoms with Crippen LogP contribution in [0, 0.1) is 0 Å². The summed E-state index contributed by atoms with van der Waals surface area (Å²) in [5.41, 5.74) is 0. The molecule has 2 saturated heterocycles. The molecule has 9 nitrogen and oxygen atoms in total. The van der Waals surface area contributed by atoms with Gasteiger partial charge < -0.3 is 29.7 Å². The second-order valence-corrected chi connectivity index (χ2v) is 6.84. The molecule has 10 heteroatoms. The van der Waals surface area contributed by atoms with Crippen molar-refractivity contribution in [1.82, 2.24) is 20.4 Å². The van der Waals surface area contributed by atoms with Crippen LogP contribution in [0.5, 0.6) is 0 Å². The van der Waals surface area contributed by atoms with E-state index in [1.165, 1.54) is 4.90 Å². The fraction of sp³-hybridized carbons (Fsp3) is 0.882. The van der Waals surface area contributed by atoms with Crippen LogP contribution in [0.4, 0.5) is 0 Å². The largest absolute Gasteiger partial charge is 0.379 e. The number of halogens is 1. The molecular formula is C17H34IN5O4. The third-order valence-corrected chi connectivity index (χ3v) is 4.47. The average molecular weight is 499 g/mol. The summed E-state index contributed by atoms with van der Waals surface area (Å²) < 4.78 is 16.6. The minimum atomic E-state index is -0.536. The number of guanidine groups is 1. The van der Waals surface area contributed by atoms with E-state index < -0.39 is 5.79 Å². The lowest BCUT2D eigenvalue weighted by Gasteiger charge is -2.27. The van der Waals surface area contributed by atoms with Crippen molar-refractivity contribution >= 4 is 35.8 Å². The van der Waals surface area contributed by atoms with Gasteiger partial charge in [0.15, 0.2) is 11.7 Å². The number of morpholine rings is 1. The van der Waals surface area contributed by atoms with Crippen molar-refractivity contribution in [1.29, 1.82) is 0 Å². The fourth-order valence-electron chi connectivity index (χ4n) is 2.73. The highest BCUT2D eigenvalue weighted by molar-refractivity contribution is 14.0. The van der Waals surface area contributed by atoms with E-state index in [-0.39, 0.29) is 36.4 Å². The quantitative estimate of drug-likeness (QED) is 0.270. The summed E-state index contributed by atoms with van der Waals surface area (Å²) in [4.78, 5) is 20.1. The number of rotatable bonds is 8. The zero-order valence-electron chi connectivity index (χ0n) is 16.7. The summed E-state index contributed by atoms with van der Waals surface area (Å²) in [6.45, 7) is 9.12. The van der Waals surface area contributed by atoms with Gasteiger partial charge in [-0.25, -0.2) is 4.99 Å². The molecule has 0 radical (unpaired) electrons. The molecule has 27 heavy (non-hydrogen) atoms. The minimum absolute atomic E-state index is 0. The molecule has 0 spiro atoms. The molecule has 0 aromatic carbocycles. The molecule has 0 saturated carbocycles. The number of hydrogen-bond donors (Lipinski definition) is 2. The Labute approximate surface area is 179 Å². The summed E-state index contributed by atoms with van der Waals surface area (Å²) in [6.07, 6.45) is 0.707. The van der Waals surface area contributed by atoms with E-state index in [0.29, 0.717) is 32.1 Å². The van der Waals surface area contributed by atoms with Crippen molar-refractivity contribution in [3.05, 3.63) is 0 Å². The first-order chi connectivity index (χ1) is 12.5. The van der Waals surface area contributed by atoms with Gasteiger partial charge in [0.25, 0.3) is 0 Å². The monoisotopic (exact) mass is 499 g/mol. The number of hydrogen-bond acceptors (Lipinski definition) is 6. The van der Waals surface area contributed by atoms with E-state index >= 15 is 0 Å². The Kier molecular flexibility index (Phi) is 11.5. The Balaban J connectivity index is 0.00000364. The van der Waals surface area contributed by atoms with Crippen LogP contribution in [0.2, 0.25) is 0 Å². The fourth-order valence-corrected chi connectivity index (χ4v) is 2.73. The van der Waals surface area contributed by atoms with Gasteiger partial charge in [-0.15, -0.1) is 24.0 Å². The van der Waals surface area contributed by atoms with Crippen LogP contribution < -0.4 is 10.6 Å². The Morgan fingerprint density at radius 1 is 1.11 bits per heavy atom. The lowest BCUT2D eigenvalue weighted by Crippen LogP contribution is -2.45. The molecule has 2 heterocycles. The SMILES string of the molecule is CN(C)C(=O)CN=C(NCCN1CCOCC1)NCCC1(C)OCCO1.I. The Morgan fingerprint density at radius 3 is 2.37 bits per heavy atom. The molecule has 2 N–H and O–H groups in total. The van der Waals surface area contributed by atoms with E-state index in [2.05, 4.69) is 20.5 Å². The summed E-state index contributed by atoms with van der Waals surface area (Å²) in [5.74, 6) is 0.0644. The van der Waals surface area contributed by atoms with Gasteiger partial charge >= 0.3 is 0 Å². The van der Waals surface area contributed by atoms with Gasteiger partial charge in [-0.1, -0.05) is 0 Å². The molecular weight excluding hydrogens is 465 g/mol. The molecule has 2 aliphatic rings. The second-order valence-electron chi connectivity index (χ2n) is 6.84. The minimum Gasteiger partial charge on any atom is -0.379 e. The topological polar surface area (TPSA) is 87.7 Å². The van der Waals surface area contributed by atoms with Crippen molar-refractivity contribution in [3.63, 3.8) is 0 Å². The van der Waals surface area contributed by atoms with Crippen molar-refractivity contribution < 1.29 is 19.0 Å². The average Bonchev–Trinajstić information content (AvgIpc) is 3.06. The van der Waals surface area contributed by atoms with Crippen LogP contribution >= 0.6 is 24.0 Å². The molecule has 0 bridgehead atoms. The van der Waals surface area contributed by atoms with E-state index in [4.69, 9.17) is 14.2 Å². The molecule has 0 aliphatic carbocycles. The van der Waals surface area contributed by atoms with Crippen LogP contribution in [-0.4, -0.2) is 107 Å². The van der Waals surface area contributed by atoms with E-state index in [1.54, 1.807) is 14.1 Å². The predicted molar refractivity (Wildman–Crippen MR) is 115 cm³/mol. The summed E-state index contributed by atoms with van der Waals surface area (Å²) in [7, 11) is 3.46. The van der Waals surface area contributed by atoms with Gasteiger partial charge in [0.2, 0.25) is 5.91 Å². The molecule has 0 aromatic rings. The molecule has 158 valence electrons. The molecule has 1 amide bonds. The Bertz CT molecular complexity index is 466. The van der Waals surface area contributed by atoms with Crippen molar-refractivity contribution in [2.75, 3.05) is 79.8 Å². The Hall–Kier alpha value is -0.690. The maximum absolute atomic E-state index is 11.8. The highest BCUT2D eigenvalue weighted by atomic mass is 127. The van der Waals surface area contributed by atoms with Crippen LogP contribution in [0.15, 0.2) is 4.99 Å². The number of carbonyl (C=O) groups is 1. The molecule has 2 aliphatic heterocycles. The zero-order valence-corrected chi connectivity index (χ0v) is 19.0. The third kappa shape index (κ3) is 9.37. The lowest BCUT2D eigenvalue weighted by molar-refractivity contribution is -0.145. The first kappa shape index (κ1) is 24.3. The van der Waals surface area contributed by atoms with Gasteiger partial charge in [0, 0.05) is 53.2 Å². The highest BCUT2D eigenvalue weighted by Gasteiger charge is 2.30. The van der Waals surface area contributed by atoms with Gasteiger partial charge in [-0.3, -0.25) is 9.69 Å². The number of likely N-dealkylation sites (N-methyl/N-ethyl adjacent to an activating group) is 1. The molecule has 0 aromatic heterocycles. The molecule has 2 rings (SSSR count). The van der Waals surface area contributed by atoms with Gasteiger partial charge in [-0.2, -0.15) is 0 Å². The van der Waals surface area contributed by atoms with Crippen molar-refractivity contribution in [2.24, 2.45) is 4.99 Å². The standard InChI is InChI=1S/C17H33N5O4.HI/c1-17(25-12-13-26-17)4-5-18-16(20-14-15(23)21(2)3)19-6-7-22-8-10-24-11-9-22;/h4-14H2,1-3H3,(H2,18,19,20);1H. The van der Waals surface area contributed by atoms with Crippen LogP contribution in [0.25, 0.3) is 0 Å². The van der Waals surface area contributed by atoms with Crippen LogP contribution in [0.3, 0.4) is 0 Å². The number of nitrogens with zero attached hydrogens (tertiary/aromatic N) is 3. The lowest BCUT2D eigenvalue weighted by atomic mass is 10.2. The Morgan fingerprint density at radius 2 is 1.74 bits per heavy atom. The predicted octanol–water partition coefficient (Wildman–Crippen LogP) is -0.287. The number of aliphatic imine (C=N–C) groups is 1. The van der Waals surface area contributed by atoms with Gasteiger partial charge in [0.05, 0.1) is 26.4 Å². The van der Waals surface area contributed by atoms with Crippen LogP contribution in [0.1, 0.15) is 13.3 Å². The van der Waals surface area contributed by atoms with Gasteiger partial charge in [-0.05, 0) is 6.92 Å². The molecule has 0 atom stereocenters. The van der Waals surface area contributed by atoms with Crippen LogP contribution in [-0.2, 0) is 19.0 Å². The third-order valence-electron chi connectivity index (χ3n) is 4.47. The normalized spacial score (nSPS) is 20.0. The molecule has 0 unspecified atom stereocenters. The highest BCUT2D eigenvalue weighted by Crippen LogP contribution is 2.21. The summed E-state index contributed by atoms with van der Waals surface area (Å²) in [5, 5.41) is 6.57. The van der Waals surface area contributed by atoms with E-state index in [9.17, 15) is 4.79 Å². The zero-order chi connectivity index (χ0) is 18.8. The smallest absolute Gasteiger partial charge is 0.243 e. The van der Waals surface area contributed by atoms with Gasteiger partial charge in [0.1, 0.15) is 6.54 Å². The van der Waals surface area contributed by atoms with E-state index in [0.717, 1.165) is 39.4 Å². The van der Waals surface area contributed by atoms with Crippen molar-refractivity contribution in [3.8, 4) is 0 Å². The maximum atomic E-state index is 11.8. The molecule has 2 fully saturated rings. The number of amides is 1. The second kappa shape index (κ2) is 12.7. The first-order valence-corrected chi connectivity index (χ1v) is 9.29. The number of nitrogens with one attached hydrogen (secondary N) is 2.